The summed E-state index contributed by atoms with van der Waals surface area (Å²) in [4.78, 5) is 12.5. The third-order valence-electron chi connectivity index (χ3n) is 3.30. The number of para-hydroxylation sites is 1. The van der Waals surface area contributed by atoms with Gasteiger partial charge in [-0.25, -0.2) is 0 Å². The Hall–Kier alpha value is -2.75. The van der Waals surface area contributed by atoms with E-state index in [2.05, 4.69) is 25.7 Å². The van der Waals surface area contributed by atoms with Crippen LogP contribution in [-0.4, -0.2) is 19.1 Å². The molecule has 0 spiro atoms. The van der Waals surface area contributed by atoms with Crippen molar-refractivity contribution in [2.24, 2.45) is 5.92 Å². The molecule has 0 radical (unpaired) electrons. The summed E-state index contributed by atoms with van der Waals surface area (Å²) in [5.74, 6) is 1.58. The first-order chi connectivity index (χ1) is 12.0. The van der Waals surface area contributed by atoms with Crippen molar-refractivity contribution in [3.8, 4) is 11.5 Å². The lowest BCUT2D eigenvalue weighted by Gasteiger charge is -2.12. The molecule has 4 heteroatoms. The molecule has 0 aromatic heterocycles. The van der Waals surface area contributed by atoms with Crippen molar-refractivity contribution >= 4 is 11.6 Å². The maximum atomic E-state index is 12.5. The van der Waals surface area contributed by atoms with Gasteiger partial charge in [0.15, 0.2) is 0 Å². The molecule has 0 saturated heterocycles. The topological polar surface area (TPSA) is 47.6 Å². The number of hydrogen-bond acceptors (Lipinski definition) is 3. The fourth-order valence-corrected chi connectivity index (χ4v) is 2.08. The Balaban J connectivity index is 2.03. The van der Waals surface area contributed by atoms with Gasteiger partial charge in [0.05, 0.1) is 12.2 Å². The molecule has 0 aliphatic carbocycles. The van der Waals surface area contributed by atoms with Crippen molar-refractivity contribution in [2.75, 3.05) is 18.5 Å². The Morgan fingerprint density at radius 1 is 1.08 bits per heavy atom. The highest BCUT2D eigenvalue weighted by molar-refractivity contribution is 6.06. The van der Waals surface area contributed by atoms with Crippen molar-refractivity contribution in [3.63, 3.8) is 0 Å². The number of benzene rings is 2. The highest BCUT2D eigenvalue weighted by Gasteiger charge is 2.12. The predicted octanol–water partition coefficient (Wildman–Crippen LogP) is 4.93. The molecule has 0 heterocycles. The molecule has 1 amide bonds. The number of nitrogens with one attached hydrogen (secondary N) is 1. The predicted molar refractivity (Wildman–Crippen MR) is 101 cm³/mol. The number of ether oxygens (including phenoxy) is 2. The molecule has 2 aromatic carbocycles. The molecule has 0 aliphatic rings. The van der Waals surface area contributed by atoms with Crippen LogP contribution in [0.4, 0.5) is 5.69 Å². The van der Waals surface area contributed by atoms with Crippen LogP contribution >= 0.6 is 0 Å². The number of carbonyl (C=O) groups is 1. The summed E-state index contributed by atoms with van der Waals surface area (Å²) >= 11 is 0. The summed E-state index contributed by atoms with van der Waals surface area (Å²) in [6.07, 6.45) is 0. The Labute approximate surface area is 149 Å². The smallest absolute Gasteiger partial charge is 0.259 e. The van der Waals surface area contributed by atoms with E-state index in [9.17, 15) is 4.79 Å². The highest BCUT2D eigenvalue weighted by atomic mass is 16.5. The third-order valence-corrected chi connectivity index (χ3v) is 3.30. The molecular weight excluding hydrogens is 314 g/mol. The quantitative estimate of drug-likeness (QED) is 0.694. The molecule has 0 bridgehead atoms. The van der Waals surface area contributed by atoms with Gasteiger partial charge in [0.2, 0.25) is 0 Å². The van der Waals surface area contributed by atoms with Crippen LogP contribution in [0.25, 0.3) is 0 Å². The molecule has 25 heavy (non-hydrogen) atoms. The van der Waals surface area contributed by atoms with E-state index in [0.29, 0.717) is 36.1 Å². The second-order valence-corrected chi connectivity index (χ2v) is 6.43. The summed E-state index contributed by atoms with van der Waals surface area (Å²) in [5, 5.41) is 2.88. The lowest BCUT2D eigenvalue weighted by atomic mass is 10.1. The summed E-state index contributed by atoms with van der Waals surface area (Å²) in [6.45, 7) is 10.9. The number of anilines is 1. The number of carbonyl (C=O) groups excluding carboxylic acids is 1. The molecule has 0 saturated carbocycles. The molecule has 4 nitrogen and oxygen atoms in total. The average molecular weight is 339 g/mol. The van der Waals surface area contributed by atoms with Crippen LogP contribution in [-0.2, 0) is 0 Å². The number of hydrogen-bond donors (Lipinski definition) is 1. The second kappa shape index (κ2) is 8.92. The van der Waals surface area contributed by atoms with Gasteiger partial charge in [-0.15, -0.1) is 0 Å². The van der Waals surface area contributed by atoms with Crippen molar-refractivity contribution in [1.29, 1.82) is 0 Å². The van der Waals surface area contributed by atoms with Gasteiger partial charge in [0.1, 0.15) is 18.1 Å². The van der Waals surface area contributed by atoms with Crippen molar-refractivity contribution in [1.82, 2.24) is 0 Å². The Bertz CT molecular complexity index is 720. The number of amides is 1. The van der Waals surface area contributed by atoms with Crippen LogP contribution in [0.3, 0.4) is 0 Å². The van der Waals surface area contributed by atoms with Gasteiger partial charge in [-0.2, -0.15) is 0 Å². The van der Waals surface area contributed by atoms with Crippen LogP contribution in [0.5, 0.6) is 11.5 Å². The van der Waals surface area contributed by atoms with Crippen LogP contribution in [0, 0.1) is 5.92 Å². The van der Waals surface area contributed by atoms with E-state index in [-0.39, 0.29) is 5.91 Å². The van der Waals surface area contributed by atoms with Crippen LogP contribution < -0.4 is 14.8 Å². The van der Waals surface area contributed by atoms with Gasteiger partial charge >= 0.3 is 0 Å². The first-order valence-corrected chi connectivity index (χ1v) is 8.36. The van der Waals surface area contributed by atoms with Crippen LogP contribution in [0.1, 0.15) is 31.1 Å². The molecule has 0 atom stereocenters. The van der Waals surface area contributed by atoms with E-state index in [4.69, 9.17) is 9.47 Å². The van der Waals surface area contributed by atoms with E-state index >= 15 is 0 Å². The third kappa shape index (κ3) is 5.99. The van der Waals surface area contributed by atoms with Crippen molar-refractivity contribution in [2.45, 2.75) is 20.8 Å². The highest BCUT2D eigenvalue weighted by Crippen LogP contribution is 2.21. The maximum absolute atomic E-state index is 12.5. The summed E-state index contributed by atoms with van der Waals surface area (Å²) in [6, 6.07) is 14.5. The first kappa shape index (κ1) is 18.6. The van der Waals surface area contributed by atoms with Gasteiger partial charge in [0, 0.05) is 5.69 Å². The monoisotopic (exact) mass is 339 g/mol. The average Bonchev–Trinajstić information content (AvgIpc) is 2.59. The Morgan fingerprint density at radius 2 is 1.76 bits per heavy atom. The van der Waals surface area contributed by atoms with Gasteiger partial charge in [-0.1, -0.05) is 32.6 Å². The minimum absolute atomic E-state index is 0.215. The van der Waals surface area contributed by atoms with E-state index in [1.807, 2.05) is 43.3 Å². The molecule has 0 aliphatic heterocycles. The molecule has 1 N–H and O–H groups in total. The van der Waals surface area contributed by atoms with Crippen molar-refractivity contribution in [3.05, 3.63) is 66.2 Å². The largest absolute Gasteiger partial charge is 0.493 e. The SMILES string of the molecule is C=C(C)COc1ccccc1C(=O)Nc1ccc(OCC(C)C)cc1. The zero-order valence-electron chi connectivity index (χ0n) is 15.0. The lowest BCUT2D eigenvalue weighted by Crippen LogP contribution is -2.14. The van der Waals surface area contributed by atoms with E-state index in [1.54, 1.807) is 12.1 Å². The first-order valence-electron chi connectivity index (χ1n) is 8.36. The maximum Gasteiger partial charge on any atom is 0.259 e. The molecule has 2 rings (SSSR count). The van der Waals surface area contributed by atoms with Gasteiger partial charge in [-0.3, -0.25) is 4.79 Å². The lowest BCUT2D eigenvalue weighted by molar-refractivity contribution is 0.102. The molecule has 132 valence electrons. The van der Waals surface area contributed by atoms with E-state index in [1.165, 1.54) is 0 Å². The van der Waals surface area contributed by atoms with Crippen LogP contribution in [0.15, 0.2) is 60.7 Å². The van der Waals surface area contributed by atoms with Crippen LogP contribution in [0.2, 0.25) is 0 Å². The second-order valence-electron chi connectivity index (χ2n) is 6.43. The summed E-state index contributed by atoms with van der Waals surface area (Å²) in [5.41, 5.74) is 2.09. The minimum atomic E-state index is -0.215. The van der Waals surface area contributed by atoms with Gasteiger partial charge < -0.3 is 14.8 Å². The minimum Gasteiger partial charge on any atom is -0.493 e. The molecule has 2 aromatic rings. The van der Waals surface area contributed by atoms with Gasteiger partial charge in [0.25, 0.3) is 5.91 Å². The molecule has 0 fully saturated rings. The normalized spacial score (nSPS) is 10.4. The van der Waals surface area contributed by atoms with E-state index < -0.39 is 0 Å². The zero-order chi connectivity index (χ0) is 18.2. The van der Waals surface area contributed by atoms with E-state index in [0.717, 1.165) is 11.3 Å². The standard InChI is InChI=1S/C21H25NO3/c1-15(2)13-24-18-11-9-17(10-12-18)22-21(23)19-7-5-6-8-20(19)25-14-16(3)4/h5-12,15H,3,13-14H2,1-2,4H3,(H,22,23). The van der Waals surface area contributed by atoms with Crippen molar-refractivity contribution < 1.29 is 14.3 Å². The molecular formula is C21H25NO3. The summed E-state index contributed by atoms with van der Waals surface area (Å²) < 4.78 is 11.3. The summed E-state index contributed by atoms with van der Waals surface area (Å²) in [7, 11) is 0. The fraction of sp³-hybridized carbons (Fsp3) is 0.286. The number of rotatable bonds is 8. The fourth-order valence-electron chi connectivity index (χ4n) is 2.08. The Kier molecular flexibility index (Phi) is 6.63. The molecule has 0 unspecified atom stereocenters. The van der Waals surface area contributed by atoms with Gasteiger partial charge in [-0.05, 0) is 54.8 Å². The zero-order valence-corrected chi connectivity index (χ0v) is 15.0. The Morgan fingerprint density at radius 3 is 2.40 bits per heavy atom.